The number of halogens is 1. The first-order valence-electron chi connectivity index (χ1n) is 6.28. The monoisotopic (exact) mass is 313 g/mol. The van der Waals surface area contributed by atoms with E-state index in [1.807, 2.05) is 7.05 Å². The van der Waals surface area contributed by atoms with E-state index in [-0.39, 0.29) is 0 Å². The summed E-state index contributed by atoms with van der Waals surface area (Å²) >= 11 is 3.56. The zero-order valence-corrected chi connectivity index (χ0v) is 13.6. The molecule has 1 aromatic carbocycles. The lowest BCUT2D eigenvalue weighted by molar-refractivity contribution is 0.416. The third-order valence-electron chi connectivity index (χ3n) is 3.19. The van der Waals surface area contributed by atoms with Gasteiger partial charge in [0.1, 0.15) is 0 Å². The van der Waals surface area contributed by atoms with Gasteiger partial charge in [0.25, 0.3) is 0 Å². The quantitative estimate of drug-likeness (QED) is 0.871. The standard InChI is InChI=1S/C14H24BrN3/c1-11(16-2)13-7-6-12(15)10-14(13)18(5)9-8-17(3)4/h6-7,10-11,16H,8-9H2,1-5H3. The molecule has 1 unspecified atom stereocenters. The molecule has 0 spiro atoms. The van der Waals surface area contributed by atoms with Crippen LogP contribution < -0.4 is 10.2 Å². The molecule has 0 bridgehead atoms. The van der Waals surface area contributed by atoms with E-state index in [4.69, 9.17) is 0 Å². The number of rotatable bonds is 6. The van der Waals surface area contributed by atoms with Crippen LogP contribution in [0.4, 0.5) is 5.69 Å². The zero-order chi connectivity index (χ0) is 13.7. The Balaban J connectivity index is 2.93. The van der Waals surface area contributed by atoms with Crippen LogP contribution in [-0.4, -0.2) is 46.2 Å². The number of anilines is 1. The molecule has 3 nitrogen and oxygen atoms in total. The van der Waals surface area contributed by atoms with Gasteiger partial charge >= 0.3 is 0 Å². The van der Waals surface area contributed by atoms with Crippen LogP contribution in [-0.2, 0) is 0 Å². The number of hydrogen-bond donors (Lipinski definition) is 1. The van der Waals surface area contributed by atoms with Gasteiger partial charge in [-0.3, -0.25) is 0 Å². The molecule has 0 aromatic heterocycles. The van der Waals surface area contributed by atoms with Crippen LogP contribution in [0.2, 0.25) is 0 Å². The molecule has 0 aliphatic carbocycles. The fourth-order valence-electron chi connectivity index (χ4n) is 1.84. The molecule has 18 heavy (non-hydrogen) atoms. The van der Waals surface area contributed by atoms with Crippen molar-refractivity contribution in [1.29, 1.82) is 0 Å². The molecule has 0 heterocycles. The molecule has 0 aliphatic heterocycles. The third-order valence-corrected chi connectivity index (χ3v) is 3.68. The summed E-state index contributed by atoms with van der Waals surface area (Å²) in [4.78, 5) is 4.52. The summed E-state index contributed by atoms with van der Waals surface area (Å²) in [5.41, 5.74) is 2.62. The first kappa shape index (κ1) is 15.5. The van der Waals surface area contributed by atoms with Crippen LogP contribution in [0.25, 0.3) is 0 Å². The second-order valence-electron chi connectivity index (χ2n) is 4.94. The van der Waals surface area contributed by atoms with E-state index in [9.17, 15) is 0 Å². The highest BCUT2D eigenvalue weighted by Gasteiger charge is 2.12. The Bertz CT molecular complexity index is 379. The highest BCUT2D eigenvalue weighted by atomic mass is 79.9. The van der Waals surface area contributed by atoms with Crippen molar-refractivity contribution in [2.45, 2.75) is 13.0 Å². The van der Waals surface area contributed by atoms with Gasteiger partial charge in [-0.1, -0.05) is 22.0 Å². The van der Waals surface area contributed by atoms with E-state index in [1.165, 1.54) is 11.3 Å². The predicted molar refractivity (Wildman–Crippen MR) is 83.4 cm³/mol. The van der Waals surface area contributed by atoms with Crippen molar-refractivity contribution in [3.05, 3.63) is 28.2 Å². The van der Waals surface area contributed by atoms with Crippen molar-refractivity contribution >= 4 is 21.6 Å². The summed E-state index contributed by atoms with van der Waals surface area (Å²) in [7, 11) is 8.35. The van der Waals surface area contributed by atoms with Crippen LogP contribution in [0.15, 0.2) is 22.7 Å². The second-order valence-corrected chi connectivity index (χ2v) is 5.85. The molecular weight excluding hydrogens is 290 g/mol. The Morgan fingerprint density at radius 2 is 1.89 bits per heavy atom. The fraction of sp³-hybridized carbons (Fsp3) is 0.571. The van der Waals surface area contributed by atoms with Crippen molar-refractivity contribution < 1.29 is 0 Å². The molecule has 1 rings (SSSR count). The van der Waals surface area contributed by atoms with Crippen molar-refractivity contribution in [1.82, 2.24) is 10.2 Å². The summed E-state index contributed by atoms with van der Waals surface area (Å²) in [6.45, 7) is 4.26. The molecular formula is C14H24BrN3. The van der Waals surface area contributed by atoms with E-state index < -0.39 is 0 Å². The maximum absolute atomic E-state index is 3.56. The average molecular weight is 314 g/mol. The summed E-state index contributed by atoms with van der Waals surface area (Å²) in [6, 6.07) is 6.84. The summed E-state index contributed by atoms with van der Waals surface area (Å²) in [5.74, 6) is 0. The Morgan fingerprint density at radius 3 is 2.44 bits per heavy atom. The van der Waals surface area contributed by atoms with Gasteiger partial charge in [-0.15, -0.1) is 0 Å². The van der Waals surface area contributed by atoms with E-state index in [0.29, 0.717) is 6.04 Å². The van der Waals surface area contributed by atoms with E-state index >= 15 is 0 Å². The SMILES string of the molecule is CNC(C)c1ccc(Br)cc1N(C)CCN(C)C. The van der Waals surface area contributed by atoms with Crippen LogP contribution in [0, 0.1) is 0 Å². The predicted octanol–water partition coefficient (Wildman–Crippen LogP) is 2.73. The highest BCUT2D eigenvalue weighted by Crippen LogP contribution is 2.28. The number of hydrogen-bond acceptors (Lipinski definition) is 3. The van der Waals surface area contributed by atoms with Crippen molar-refractivity contribution in [2.75, 3.05) is 46.2 Å². The van der Waals surface area contributed by atoms with E-state index in [1.54, 1.807) is 0 Å². The molecule has 0 aliphatic rings. The number of nitrogens with zero attached hydrogens (tertiary/aromatic N) is 2. The van der Waals surface area contributed by atoms with Gasteiger partial charge in [0.15, 0.2) is 0 Å². The number of likely N-dealkylation sites (N-methyl/N-ethyl adjacent to an activating group) is 2. The molecule has 0 saturated carbocycles. The second kappa shape index (κ2) is 7.12. The maximum atomic E-state index is 3.56. The zero-order valence-electron chi connectivity index (χ0n) is 12.0. The van der Waals surface area contributed by atoms with Gasteiger partial charge in [-0.25, -0.2) is 0 Å². The Hall–Kier alpha value is -0.580. The molecule has 1 atom stereocenters. The minimum Gasteiger partial charge on any atom is -0.373 e. The van der Waals surface area contributed by atoms with E-state index in [0.717, 1.165) is 17.6 Å². The lowest BCUT2D eigenvalue weighted by Crippen LogP contribution is -2.29. The van der Waals surface area contributed by atoms with Crippen LogP contribution in [0.1, 0.15) is 18.5 Å². The average Bonchev–Trinajstić information content (AvgIpc) is 2.34. The van der Waals surface area contributed by atoms with Gasteiger partial charge in [0, 0.05) is 36.3 Å². The first-order chi connectivity index (χ1) is 8.45. The topological polar surface area (TPSA) is 18.5 Å². The van der Waals surface area contributed by atoms with Gasteiger partial charge in [0.2, 0.25) is 0 Å². The molecule has 1 N–H and O–H groups in total. The summed E-state index contributed by atoms with van der Waals surface area (Å²) < 4.78 is 1.13. The largest absolute Gasteiger partial charge is 0.373 e. The lowest BCUT2D eigenvalue weighted by Gasteiger charge is -2.26. The summed E-state index contributed by atoms with van der Waals surface area (Å²) in [5, 5.41) is 3.31. The Morgan fingerprint density at radius 1 is 1.22 bits per heavy atom. The van der Waals surface area contributed by atoms with Crippen LogP contribution in [0.3, 0.4) is 0 Å². The Kier molecular flexibility index (Phi) is 6.12. The van der Waals surface area contributed by atoms with E-state index in [2.05, 4.69) is 77.3 Å². The first-order valence-corrected chi connectivity index (χ1v) is 7.07. The smallest absolute Gasteiger partial charge is 0.0423 e. The molecule has 0 fully saturated rings. The van der Waals surface area contributed by atoms with Crippen LogP contribution >= 0.6 is 15.9 Å². The fourth-order valence-corrected chi connectivity index (χ4v) is 2.19. The van der Waals surface area contributed by atoms with Gasteiger partial charge in [-0.05, 0) is 45.8 Å². The molecule has 0 radical (unpaired) electrons. The molecule has 1 aromatic rings. The Labute approximate surface area is 119 Å². The van der Waals surface area contributed by atoms with Crippen LogP contribution in [0.5, 0.6) is 0 Å². The normalized spacial score (nSPS) is 12.8. The minimum absolute atomic E-state index is 0.356. The van der Waals surface area contributed by atoms with Gasteiger partial charge < -0.3 is 15.1 Å². The van der Waals surface area contributed by atoms with Crippen molar-refractivity contribution in [3.8, 4) is 0 Å². The molecule has 0 amide bonds. The highest BCUT2D eigenvalue weighted by molar-refractivity contribution is 9.10. The minimum atomic E-state index is 0.356. The van der Waals surface area contributed by atoms with Crippen molar-refractivity contribution in [2.24, 2.45) is 0 Å². The number of nitrogens with one attached hydrogen (secondary N) is 1. The third kappa shape index (κ3) is 4.26. The van der Waals surface area contributed by atoms with Gasteiger partial charge in [0.05, 0.1) is 0 Å². The lowest BCUT2D eigenvalue weighted by atomic mass is 10.1. The van der Waals surface area contributed by atoms with Crippen molar-refractivity contribution in [3.63, 3.8) is 0 Å². The molecule has 102 valence electrons. The molecule has 0 saturated heterocycles. The summed E-state index contributed by atoms with van der Waals surface area (Å²) in [6.07, 6.45) is 0. The maximum Gasteiger partial charge on any atom is 0.0423 e. The molecule has 4 heteroatoms. The number of benzene rings is 1. The van der Waals surface area contributed by atoms with Gasteiger partial charge in [-0.2, -0.15) is 0 Å².